The van der Waals surface area contributed by atoms with E-state index in [1.807, 2.05) is 32.0 Å². The second kappa shape index (κ2) is 9.42. The summed E-state index contributed by atoms with van der Waals surface area (Å²) in [6.07, 6.45) is 6.54. The number of carbonyl (C=O) groups excluding carboxylic acids is 1. The average Bonchev–Trinajstić information content (AvgIpc) is 3.49. The largest absolute Gasteiger partial charge is 0.368 e. The van der Waals surface area contributed by atoms with Gasteiger partial charge in [0.15, 0.2) is 11.5 Å². The number of rotatable bonds is 7. The van der Waals surface area contributed by atoms with Crippen LogP contribution in [0.25, 0.3) is 22.1 Å². The first kappa shape index (κ1) is 22.3. The third-order valence-corrected chi connectivity index (χ3v) is 6.49. The van der Waals surface area contributed by atoms with Crippen LogP contribution in [0.1, 0.15) is 25.8 Å². The molecule has 4 heterocycles. The molecule has 176 valence electrons. The van der Waals surface area contributed by atoms with Gasteiger partial charge in [-0.3, -0.25) is 9.78 Å². The first-order valence-corrected chi connectivity index (χ1v) is 11.9. The standard InChI is InChI=1S/C24H27ClN8O/c1-14(2)24(34)32-16-6-9-33(11-16)21-15(10-18(25)17-4-3-7-26-19(17)21)5-8-27-22-20-23(29-12-28-20)31-13-30-22/h3-4,7,10,12-14,16H,5-6,8-9,11H2,1-2H3,(H,32,34)(H2,27,28,29,30,31). The van der Waals surface area contributed by atoms with Gasteiger partial charge < -0.3 is 20.5 Å². The molecule has 1 saturated heterocycles. The van der Waals surface area contributed by atoms with Crippen molar-refractivity contribution in [3.8, 4) is 0 Å². The first-order chi connectivity index (χ1) is 16.5. The Morgan fingerprint density at radius 2 is 2.15 bits per heavy atom. The lowest BCUT2D eigenvalue weighted by Crippen LogP contribution is -2.39. The number of anilines is 2. The molecule has 1 aromatic carbocycles. The van der Waals surface area contributed by atoms with Crippen LogP contribution in [0.15, 0.2) is 37.1 Å². The molecular weight excluding hydrogens is 452 g/mol. The topological polar surface area (TPSA) is 112 Å². The summed E-state index contributed by atoms with van der Waals surface area (Å²) in [6, 6.07) is 6.05. The van der Waals surface area contributed by atoms with Gasteiger partial charge in [0, 0.05) is 43.2 Å². The Morgan fingerprint density at radius 3 is 3.00 bits per heavy atom. The molecule has 9 nitrogen and oxygen atoms in total. The number of nitrogens with zero attached hydrogens (tertiary/aromatic N) is 5. The van der Waals surface area contributed by atoms with Gasteiger partial charge in [-0.05, 0) is 36.6 Å². The molecule has 1 aliphatic rings. The summed E-state index contributed by atoms with van der Waals surface area (Å²) in [5.41, 5.74) is 4.48. The highest BCUT2D eigenvalue weighted by Crippen LogP contribution is 2.36. The Bertz CT molecular complexity index is 1340. The number of imidazole rings is 1. The fourth-order valence-corrected chi connectivity index (χ4v) is 4.72. The molecule has 3 aromatic heterocycles. The minimum atomic E-state index is -0.0310. The number of halogens is 1. The van der Waals surface area contributed by atoms with E-state index in [0.29, 0.717) is 28.5 Å². The Morgan fingerprint density at radius 1 is 1.26 bits per heavy atom. The highest BCUT2D eigenvalue weighted by molar-refractivity contribution is 6.36. The van der Waals surface area contributed by atoms with E-state index in [4.69, 9.17) is 16.6 Å². The smallest absolute Gasteiger partial charge is 0.222 e. The summed E-state index contributed by atoms with van der Waals surface area (Å²) in [6.45, 7) is 6.06. The average molecular weight is 479 g/mol. The van der Waals surface area contributed by atoms with Gasteiger partial charge in [0.2, 0.25) is 5.91 Å². The fraction of sp³-hybridized carbons (Fsp3) is 0.375. The predicted octanol–water partition coefficient (Wildman–Crippen LogP) is 3.56. The van der Waals surface area contributed by atoms with E-state index < -0.39 is 0 Å². The lowest BCUT2D eigenvalue weighted by atomic mass is 10.0. The number of nitrogens with one attached hydrogen (secondary N) is 3. The van der Waals surface area contributed by atoms with Crippen molar-refractivity contribution in [1.29, 1.82) is 0 Å². The van der Waals surface area contributed by atoms with E-state index >= 15 is 0 Å². The lowest BCUT2D eigenvalue weighted by molar-refractivity contribution is -0.124. The molecular formula is C24H27ClN8O. The van der Waals surface area contributed by atoms with E-state index in [-0.39, 0.29) is 17.9 Å². The quantitative estimate of drug-likeness (QED) is 0.372. The normalized spacial score (nSPS) is 16.0. The van der Waals surface area contributed by atoms with Crippen molar-refractivity contribution in [2.75, 3.05) is 29.9 Å². The van der Waals surface area contributed by atoms with Gasteiger partial charge in [0.25, 0.3) is 0 Å². The van der Waals surface area contributed by atoms with E-state index in [9.17, 15) is 4.79 Å². The molecule has 10 heteroatoms. The van der Waals surface area contributed by atoms with Crippen LogP contribution in [0, 0.1) is 5.92 Å². The molecule has 1 amide bonds. The number of fused-ring (bicyclic) bond motifs is 2. The molecule has 1 atom stereocenters. The maximum absolute atomic E-state index is 12.2. The van der Waals surface area contributed by atoms with Gasteiger partial charge in [-0.15, -0.1) is 0 Å². The number of H-pyrrole nitrogens is 1. The van der Waals surface area contributed by atoms with Gasteiger partial charge in [-0.25, -0.2) is 15.0 Å². The summed E-state index contributed by atoms with van der Waals surface area (Å²) >= 11 is 6.66. The number of benzene rings is 1. The van der Waals surface area contributed by atoms with Crippen molar-refractivity contribution < 1.29 is 4.79 Å². The van der Waals surface area contributed by atoms with Gasteiger partial charge in [-0.1, -0.05) is 25.4 Å². The number of amides is 1. The fourth-order valence-electron chi connectivity index (χ4n) is 4.44. The van der Waals surface area contributed by atoms with Gasteiger partial charge in [0.05, 0.1) is 22.6 Å². The second-order valence-electron chi connectivity index (χ2n) is 8.86. The minimum absolute atomic E-state index is 0.0310. The number of aromatic amines is 1. The molecule has 0 spiro atoms. The van der Waals surface area contributed by atoms with Crippen molar-refractivity contribution >= 4 is 51.1 Å². The molecule has 5 rings (SSSR count). The van der Waals surface area contributed by atoms with E-state index in [1.54, 1.807) is 12.5 Å². The second-order valence-corrected chi connectivity index (χ2v) is 9.27. The Labute approximate surface area is 202 Å². The monoisotopic (exact) mass is 478 g/mol. The third-order valence-electron chi connectivity index (χ3n) is 6.17. The number of hydrogen-bond acceptors (Lipinski definition) is 7. The zero-order valence-corrected chi connectivity index (χ0v) is 19.9. The van der Waals surface area contributed by atoms with Crippen LogP contribution in [0.4, 0.5) is 11.5 Å². The molecule has 0 saturated carbocycles. The van der Waals surface area contributed by atoms with Crippen LogP contribution in [0.5, 0.6) is 0 Å². The molecule has 3 N–H and O–H groups in total. The maximum atomic E-state index is 12.2. The Balaban J connectivity index is 1.41. The van der Waals surface area contributed by atoms with Crippen molar-refractivity contribution in [3.05, 3.63) is 47.6 Å². The SMILES string of the molecule is CC(C)C(=O)NC1CCN(c2c(CCNc3ncnc4[nH]cnc34)cc(Cl)c3cccnc23)C1. The molecule has 4 aromatic rings. The predicted molar refractivity (Wildman–Crippen MR) is 134 cm³/mol. The van der Waals surface area contributed by atoms with Crippen LogP contribution in [-0.2, 0) is 11.2 Å². The van der Waals surface area contributed by atoms with Crippen LogP contribution in [0.3, 0.4) is 0 Å². The lowest BCUT2D eigenvalue weighted by Gasteiger charge is -2.25. The Kier molecular flexibility index (Phi) is 6.19. The molecule has 0 aliphatic carbocycles. The van der Waals surface area contributed by atoms with Crippen LogP contribution >= 0.6 is 11.6 Å². The number of aromatic nitrogens is 5. The van der Waals surface area contributed by atoms with Crippen molar-refractivity contribution in [2.24, 2.45) is 5.92 Å². The van der Waals surface area contributed by atoms with E-state index in [0.717, 1.165) is 48.1 Å². The Hall–Kier alpha value is -3.46. The molecule has 34 heavy (non-hydrogen) atoms. The maximum Gasteiger partial charge on any atom is 0.222 e. The van der Waals surface area contributed by atoms with Crippen LogP contribution in [0.2, 0.25) is 5.02 Å². The zero-order valence-electron chi connectivity index (χ0n) is 19.2. The summed E-state index contributed by atoms with van der Waals surface area (Å²) in [5.74, 6) is 0.747. The number of hydrogen-bond donors (Lipinski definition) is 3. The van der Waals surface area contributed by atoms with Crippen LogP contribution in [-0.4, -0.2) is 56.5 Å². The highest BCUT2D eigenvalue weighted by Gasteiger charge is 2.28. The number of carbonyl (C=O) groups is 1. The van der Waals surface area contributed by atoms with E-state index in [1.165, 1.54) is 6.33 Å². The minimum Gasteiger partial charge on any atom is -0.368 e. The van der Waals surface area contributed by atoms with Gasteiger partial charge >= 0.3 is 0 Å². The van der Waals surface area contributed by atoms with E-state index in [2.05, 4.69) is 35.5 Å². The number of pyridine rings is 1. The zero-order chi connectivity index (χ0) is 23.7. The summed E-state index contributed by atoms with van der Waals surface area (Å²) < 4.78 is 0. The summed E-state index contributed by atoms with van der Waals surface area (Å²) in [5, 5.41) is 8.17. The van der Waals surface area contributed by atoms with Crippen LogP contribution < -0.4 is 15.5 Å². The van der Waals surface area contributed by atoms with Crippen molar-refractivity contribution in [3.63, 3.8) is 0 Å². The molecule has 1 fully saturated rings. The van der Waals surface area contributed by atoms with Gasteiger partial charge in [-0.2, -0.15) is 0 Å². The molecule has 1 unspecified atom stereocenters. The molecule has 0 bridgehead atoms. The molecule has 0 radical (unpaired) electrons. The van der Waals surface area contributed by atoms with Crippen molar-refractivity contribution in [1.82, 2.24) is 30.2 Å². The first-order valence-electron chi connectivity index (χ1n) is 11.5. The summed E-state index contributed by atoms with van der Waals surface area (Å²) in [7, 11) is 0. The van der Waals surface area contributed by atoms with Gasteiger partial charge in [0.1, 0.15) is 11.8 Å². The van der Waals surface area contributed by atoms with Crippen molar-refractivity contribution in [2.45, 2.75) is 32.7 Å². The summed E-state index contributed by atoms with van der Waals surface area (Å²) in [4.78, 5) is 35.1. The molecule has 1 aliphatic heterocycles. The third kappa shape index (κ3) is 4.35. The highest BCUT2D eigenvalue weighted by atomic mass is 35.5.